The number of piperidine rings is 1. The maximum atomic E-state index is 13.3. The van der Waals surface area contributed by atoms with Gasteiger partial charge in [-0.05, 0) is 37.5 Å². The van der Waals surface area contributed by atoms with Crippen LogP contribution in [0.4, 0.5) is 0 Å². The molecule has 2 aromatic rings. The molecule has 2 aliphatic rings. The van der Waals surface area contributed by atoms with Gasteiger partial charge in [0.15, 0.2) is 0 Å². The van der Waals surface area contributed by atoms with E-state index in [9.17, 15) is 14.4 Å². The van der Waals surface area contributed by atoms with Crippen LogP contribution in [0.15, 0.2) is 36.4 Å². The van der Waals surface area contributed by atoms with Crippen molar-refractivity contribution in [1.82, 2.24) is 24.7 Å². The number of nitrogens with zero attached hydrogens (tertiary/aromatic N) is 5. The van der Waals surface area contributed by atoms with Gasteiger partial charge in [0, 0.05) is 50.1 Å². The largest absolute Gasteiger partial charge is 0.339 e. The van der Waals surface area contributed by atoms with E-state index in [0.29, 0.717) is 50.3 Å². The van der Waals surface area contributed by atoms with Crippen molar-refractivity contribution >= 4 is 17.7 Å². The fraction of sp³-hybridized carbons (Fsp3) is 0.520. The number of aryl methyl sites for hydroxylation is 1. The lowest BCUT2D eigenvalue weighted by atomic mass is 9.92. The molecule has 3 heterocycles. The number of carbonyl (C=O) groups excluding carboxylic acids is 3. The first-order chi connectivity index (χ1) is 15.7. The van der Waals surface area contributed by atoms with Crippen LogP contribution in [-0.4, -0.2) is 68.6 Å². The lowest BCUT2D eigenvalue weighted by Gasteiger charge is -2.35. The Morgan fingerprint density at radius 1 is 0.909 bits per heavy atom. The summed E-state index contributed by atoms with van der Waals surface area (Å²) in [6, 6.07) is 11.1. The van der Waals surface area contributed by atoms with Crippen LogP contribution < -0.4 is 0 Å². The summed E-state index contributed by atoms with van der Waals surface area (Å²) in [7, 11) is 1.77. The van der Waals surface area contributed by atoms with Gasteiger partial charge in [0.25, 0.3) is 11.8 Å². The first-order valence-corrected chi connectivity index (χ1v) is 11.7. The average Bonchev–Trinajstić information content (AvgIpc) is 3.45. The van der Waals surface area contributed by atoms with Crippen molar-refractivity contribution in [3.63, 3.8) is 0 Å². The summed E-state index contributed by atoms with van der Waals surface area (Å²) >= 11 is 0. The SMILES string of the molecule is Cn1nc(C(C)(C)C)cc1C(=O)N1CCCN1C(=O)C1CCN(C(=O)c2ccccc2)CC1. The van der Waals surface area contributed by atoms with Gasteiger partial charge >= 0.3 is 0 Å². The molecule has 2 saturated heterocycles. The van der Waals surface area contributed by atoms with Crippen LogP contribution in [0.3, 0.4) is 0 Å². The number of aromatic nitrogens is 2. The second-order valence-electron chi connectivity index (χ2n) is 9.96. The molecule has 0 atom stereocenters. The molecule has 8 nitrogen and oxygen atoms in total. The average molecular weight is 452 g/mol. The van der Waals surface area contributed by atoms with Gasteiger partial charge in [-0.15, -0.1) is 0 Å². The first kappa shape index (κ1) is 23.0. The van der Waals surface area contributed by atoms with Gasteiger partial charge in [-0.3, -0.25) is 24.1 Å². The smallest absolute Gasteiger partial charge is 0.290 e. The maximum Gasteiger partial charge on any atom is 0.290 e. The maximum absolute atomic E-state index is 13.3. The van der Waals surface area contributed by atoms with E-state index in [1.807, 2.05) is 41.3 Å². The second kappa shape index (κ2) is 9.00. The van der Waals surface area contributed by atoms with Gasteiger partial charge < -0.3 is 4.90 Å². The number of hydrogen-bond donors (Lipinski definition) is 0. The molecule has 0 spiro atoms. The monoisotopic (exact) mass is 451 g/mol. The third-order valence-corrected chi connectivity index (χ3v) is 6.54. The molecule has 0 bridgehead atoms. The standard InChI is InChI=1S/C25H33N5O3/c1-25(2,3)21-17-20(27(4)26-21)24(33)30-14-8-13-29(30)23(32)19-11-15-28(16-12-19)22(31)18-9-6-5-7-10-18/h5-7,9-10,17,19H,8,11-16H2,1-4H3. The summed E-state index contributed by atoms with van der Waals surface area (Å²) in [6.07, 6.45) is 1.97. The number of hydrogen-bond acceptors (Lipinski definition) is 4. The highest BCUT2D eigenvalue weighted by molar-refractivity contribution is 5.95. The summed E-state index contributed by atoms with van der Waals surface area (Å²) in [6.45, 7) is 8.33. The van der Waals surface area contributed by atoms with E-state index >= 15 is 0 Å². The Morgan fingerprint density at radius 3 is 2.15 bits per heavy atom. The number of carbonyl (C=O) groups is 3. The molecule has 1 aromatic carbocycles. The minimum Gasteiger partial charge on any atom is -0.339 e. The lowest BCUT2D eigenvalue weighted by Crippen LogP contribution is -2.50. The van der Waals surface area contributed by atoms with Gasteiger partial charge in [-0.2, -0.15) is 5.10 Å². The number of likely N-dealkylation sites (tertiary alicyclic amines) is 1. The molecule has 0 N–H and O–H groups in total. The zero-order chi connectivity index (χ0) is 23.8. The number of hydrazine groups is 1. The van der Waals surface area contributed by atoms with Crippen molar-refractivity contribution in [2.45, 2.75) is 45.4 Å². The van der Waals surface area contributed by atoms with Crippen LogP contribution in [-0.2, 0) is 17.3 Å². The van der Waals surface area contributed by atoms with E-state index in [2.05, 4.69) is 25.9 Å². The summed E-state index contributed by atoms with van der Waals surface area (Å²) in [4.78, 5) is 41.2. The molecule has 176 valence electrons. The molecular weight excluding hydrogens is 418 g/mol. The Bertz CT molecular complexity index is 1030. The van der Waals surface area contributed by atoms with E-state index in [0.717, 1.165) is 12.1 Å². The van der Waals surface area contributed by atoms with Gasteiger partial charge in [0.05, 0.1) is 5.69 Å². The lowest BCUT2D eigenvalue weighted by molar-refractivity contribution is -0.146. The predicted molar refractivity (Wildman–Crippen MR) is 124 cm³/mol. The third-order valence-electron chi connectivity index (χ3n) is 6.54. The van der Waals surface area contributed by atoms with Gasteiger partial charge in [0.1, 0.15) is 5.69 Å². The van der Waals surface area contributed by atoms with E-state index in [-0.39, 0.29) is 29.1 Å². The molecule has 8 heteroatoms. The first-order valence-electron chi connectivity index (χ1n) is 11.7. The Kier molecular flexibility index (Phi) is 6.28. The molecule has 2 aliphatic heterocycles. The Balaban J connectivity index is 1.41. The Labute approximate surface area is 195 Å². The number of rotatable bonds is 3. The highest BCUT2D eigenvalue weighted by Crippen LogP contribution is 2.26. The van der Waals surface area contributed by atoms with Crippen LogP contribution in [0.5, 0.6) is 0 Å². The summed E-state index contributed by atoms with van der Waals surface area (Å²) in [5.74, 6) is -0.394. The van der Waals surface area contributed by atoms with Crippen LogP contribution in [0, 0.1) is 5.92 Å². The number of amides is 3. The minimum atomic E-state index is -0.192. The van der Waals surface area contributed by atoms with E-state index < -0.39 is 0 Å². The van der Waals surface area contributed by atoms with Crippen molar-refractivity contribution in [3.8, 4) is 0 Å². The topological polar surface area (TPSA) is 78.8 Å². The van der Waals surface area contributed by atoms with Crippen molar-refractivity contribution in [2.75, 3.05) is 26.2 Å². The molecule has 1 aromatic heterocycles. The van der Waals surface area contributed by atoms with Crippen LogP contribution in [0.2, 0.25) is 0 Å². The predicted octanol–water partition coefficient (Wildman–Crippen LogP) is 2.86. The fourth-order valence-electron chi connectivity index (χ4n) is 4.52. The molecule has 0 unspecified atom stereocenters. The second-order valence-corrected chi connectivity index (χ2v) is 9.96. The summed E-state index contributed by atoms with van der Waals surface area (Å²) in [5, 5.41) is 7.71. The summed E-state index contributed by atoms with van der Waals surface area (Å²) in [5.41, 5.74) is 1.84. The van der Waals surface area contributed by atoms with E-state index in [1.165, 1.54) is 0 Å². The van der Waals surface area contributed by atoms with Crippen molar-refractivity contribution < 1.29 is 14.4 Å². The van der Waals surface area contributed by atoms with Crippen LogP contribution >= 0.6 is 0 Å². The molecule has 33 heavy (non-hydrogen) atoms. The highest BCUT2D eigenvalue weighted by Gasteiger charge is 2.38. The molecule has 3 amide bonds. The molecular formula is C25H33N5O3. The summed E-state index contributed by atoms with van der Waals surface area (Å²) < 4.78 is 1.61. The van der Waals surface area contributed by atoms with E-state index in [1.54, 1.807) is 21.7 Å². The zero-order valence-electron chi connectivity index (χ0n) is 20.0. The molecule has 0 aliphatic carbocycles. The fourth-order valence-corrected chi connectivity index (χ4v) is 4.52. The molecule has 0 saturated carbocycles. The van der Waals surface area contributed by atoms with Crippen molar-refractivity contribution in [3.05, 3.63) is 53.3 Å². The number of benzene rings is 1. The van der Waals surface area contributed by atoms with Crippen molar-refractivity contribution in [2.24, 2.45) is 13.0 Å². The van der Waals surface area contributed by atoms with Gasteiger partial charge in [-0.25, -0.2) is 5.01 Å². The van der Waals surface area contributed by atoms with Crippen molar-refractivity contribution in [1.29, 1.82) is 0 Å². The third kappa shape index (κ3) is 4.65. The minimum absolute atomic E-state index is 0.00494. The highest BCUT2D eigenvalue weighted by atomic mass is 16.2. The normalized spacial score (nSPS) is 17.5. The van der Waals surface area contributed by atoms with Crippen LogP contribution in [0.25, 0.3) is 0 Å². The molecule has 4 rings (SSSR count). The molecule has 2 fully saturated rings. The van der Waals surface area contributed by atoms with E-state index in [4.69, 9.17) is 0 Å². The Hall–Kier alpha value is -3.16. The Morgan fingerprint density at radius 2 is 1.55 bits per heavy atom. The van der Waals surface area contributed by atoms with Crippen LogP contribution in [0.1, 0.15) is 66.6 Å². The quantitative estimate of drug-likeness (QED) is 0.719. The van der Waals surface area contributed by atoms with Gasteiger partial charge in [0.2, 0.25) is 5.91 Å². The van der Waals surface area contributed by atoms with Gasteiger partial charge in [-0.1, -0.05) is 39.0 Å². The molecule has 0 radical (unpaired) electrons. The zero-order valence-corrected chi connectivity index (χ0v) is 20.0.